The lowest BCUT2D eigenvalue weighted by molar-refractivity contribution is 0.101. The largest absolute Gasteiger partial charge is 0.289 e. The van der Waals surface area contributed by atoms with Gasteiger partial charge in [0.1, 0.15) is 0 Å². The maximum absolute atomic E-state index is 13.1. The van der Waals surface area contributed by atoms with Crippen LogP contribution in [0.1, 0.15) is 50.5 Å². The zero-order valence-corrected chi connectivity index (χ0v) is 13.4. The highest BCUT2D eigenvalue weighted by Gasteiger charge is 2.34. The number of ketones is 1. The molecule has 2 aromatic rings. The molecule has 0 aliphatic heterocycles. The Bertz CT molecular complexity index is 765. The summed E-state index contributed by atoms with van der Waals surface area (Å²) in [4.78, 5) is 13.1. The van der Waals surface area contributed by atoms with Crippen LogP contribution in [0, 0.1) is 11.3 Å². The van der Waals surface area contributed by atoms with E-state index in [1.807, 2.05) is 12.1 Å². The third kappa shape index (κ3) is 2.03. The SMILES string of the molecule is CC(C)C1=C(C(C)(C)C)C(=O)c2cccc3cccc1c23. The highest BCUT2D eigenvalue weighted by Crippen LogP contribution is 2.45. The highest BCUT2D eigenvalue weighted by molar-refractivity contribution is 6.25. The first-order valence-electron chi connectivity index (χ1n) is 7.64. The zero-order valence-electron chi connectivity index (χ0n) is 13.4. The third-order valence-electron chi connectivity index (χ3n) is 4.26. The number of carbonyl (C=O) groups is 1. The molecule has 0 heterocycles. The maximum atomic E-state index is 13.1. The smallest absolute Gasteiger partial charge is 0.190 e. The van der Waals surface area contributed by atoms with E-state index in [0.717, 1.165) is 21.9 Å². The third-order valence-corrected chi connectivity index (χ3v) is 4.26. The van der Waals surface area contributed by atoms with Crippen LogP contribution in [-0.4, -0.2) is 5.78 Å². The summed E-state index contributed by atoms with van der Waals surface area (Å²) in [5.74, 6) is 0.539. The normalized spacial score (nSPS) is 15.2. The molecule has 0 amide bonds. The molecule has 1 heteroatoms. The zero-order chi connectivity index (χ0) is 15.4. The van der Waals surface area contributed by atoms with Gasteiger partial charge in [-0.2, -0.15) is 0 Å². The van der Waals surface area contributed by atoms with Gasteiger partial charge in [-0.25, -0.2) is 0 Å². The van der Waals surface area contributed by atoms with Gasteiger partial charge in [0.2, 0.25) is 0 Å². The van der Waals surface area contributed by atoms with E-state index in [1.165, 1.54) is 11.1 Å². The molecular formula is C20H22O. The molecule has 1 aliphatic carbocycles. The van der Waals surface area contributed by atoms with Crippen molar-refractivity contribution >= 4 is 22.1 Å². The fourth-order valence-electron chi connectivity index (χ4n) is 3.49. The minimum absolute atomic E-state index is 0.146. The standard InChI is InChI=1S/C20H22O/c1-12(2)16-14-10-6-8-13-9-7-11-15(17(13)14)19(21)18(16)20(3,4)5/h6-12H,1-5H3. The van der Waals surface area contributed by atoms with Gasteiger partial charge in [-0.3, -0.25) is 4.79 Å². The van der Waals surface area contributed by atoms with E-state index in [1.54, 1.807) is 0 Å². The van der Waals surface area contributed by atoms with Gasteiger partial charge in [0.25, 0.3) is 0 Å². The van der Waals surface area contributed by atoms with Crippen molar-refractivity contribution in [2.75, 3.05) is 0 Å². The van der Waals surface area contributed by atoms with Crippen molar-refractivity contribution < 1.29 is 4.79 Å². The average molecular weight is 278 g/mol. The predicted molar refractivity (Wildman–Crippen MR) is 89.5 cm³/mol. The first-order valence-corrected chi connectivity index (χ1v) is 7.64. The second-order valence-electron chi connectivity index (χ2n) is 7.23. The molecule has 0 bridgehead atoms. The lowest BCUT2D eigenvalue weighted by atomic mass is 9.70. The number of allylic oxidation sites excluding steroid dienone is 2. The minimum Gasteiger partial charge on any atom is -0.289 e. The fourth-order valence-corrected chi connectivity index (χ4v) is 3.49. The summed E-state index contributed by atoms with van der Waals surface area (Å²) in [7, 11) is 0. The number of hydrogen-bond acceptors (Lipinski definition) is 1. The Morgan fingerprint density at radius 2 is 1.48 bits per heavy atom. The van der Waals surface area contributed by atoms with Gasteiger partial charge in [0.15, 0.2) is 5.78 Å². The van der Waals surface area contributed by atoms with Gasteiger partial charge in [-0.15, -0.1) is 0 Å². The topological polar surface area (TPSA) is 17.1 Å². The molecule has 108 valence electrons. The molecular weight excluding hydrogens is 256 g/mol. The number of Topliss-reactive ketones (excluding diaryl/α,β-unsaturated/α-hetero) is 1. The van der Waals surface area contributed by atoms with E-state index in [2.05, 4.69) is 58.9 Å². The van der Waals surface area contributed by atoms with Crippen LogP contribution in [0.15, 0.2) is 42.0 Å². The Kier molecular flexibility index (Phi) is 3.05. The van der Waals surface area contributed by atoms with Crippen LogP contribution in [0.5, 0.6) is 0 Å². The second kappa shape index (κ2) is 4.56. The summed E-state index contributed by atoms with van der Waals surface area (Å²) in [6.07, 6.45) is 0. The molecule has 0 N–H and O–H groups in total. The second-order valence-corrected chi connectivity index (χ2v) is 7.23. The monoisotopic (exact) mass is 278 g/mol. The van der Waals surface area contributed by atoms with E-state index < -0.39 is 0 Å². The Morgan fingerprint density at radius 1 is 0.905 bits per heavy atom. The minimum atomic E-state index is -0.146. The van der Waals surface area contributed by atoms with Crippen molar-refractivity contribution in [3.63, 3.8) is 0 Å². The molecule has 0 unspecified atom stereocenters. The summed E-state index contributed by atoms with van der Waals surface area (Å²) < 4.78 is 0. The Labute approximate surface area is 126 Å². The predicted octanol–water partition coefficient (Wildman–Crippen LogP) is 5.49. The molecule has 3 rings (SSSR count). The molecule has 0 atom stereocenters. The molecule has 0 radical (unpaired) electrons. The average Bonchev–Trinajstić information content (AvgIpc) is 2.40. The van der Waals surface area contributed by atoms with Crippen LogP contribution in [0.2, 0.25) is 0 Å². The van der Waals surface area contributed by atoms with E-state index in [0.29, 0.717) is 5.92 Å². The van der Waals surface area contributed by atoms with E-state index in [4.69, 9.17) is 0 Å². The number of hydrogen-bond donors (Lipinski definition) is 0. The van der Waals surface area contributed by atoms with Crippen LogP contribution < -0.4 is 0 Å². The summed E-state index contributed by atoms with van der Waals surface area (Å²) in [5, 5.41) is 2.28. The van der Waals surface area contributed by atoms with Crippen LogP contribution >= 0.6 is 0 Å². The first kappa shape index (κ1) is 14.1. The van der Waals surface area contributed by atoms with Gasteiger partial charge in [-0.05, 0) is 27.9 Å². The van der Waals surface area contributed by atoms with Crippen molar-refractivity contribution in [1.82, 2.24) is 0 Å². The number of rotatable bonds is 1. The molecule has 0 aromatic heterocycles. The van der Waals surface area contributed by atoms with Crippen LogP contribution in [-0.2, 0) is 0 Å². The van der Waals surface area contributed by atoms with E-state index in [-0.39, 0.29) is 11.2 Å². The van der Waals surface area contributed by atoms with Crippen LogP contribution in [0.4, 0.5) is 0 Å². The maximum Gasteiger partial charge on any atom is 0.190 e. The number of carbonyl (C=O) groups excluding carboxylic acids is 1. The van der Waals surface area contributed by atoms with Crippen molar-refractivity contribution in [3.05, 3.63) is 53.1 Å². The summed E-state index contributed by atoms with van der Waals surface area (Å²) >= 11 is 0. The van der Waals surface area contributed by atoms with Gasteiger partial charge < -0.3 is 0 Å². The summed E-state index contributed by atoms with van der Waals surface area (Å²) in [6.45, 7) is 10.8. The van der Waals surface area contributed by atoms with E-state index in [9.17, 15) is 4.79 Å². The molecule has 0 fully saturated rings. The molecule has 0 spiro atoms. The van der Waals surface area contributed by atoms with Gasteiger partial charge in [0, 0.05) is 16.5 Å². The lowest BCUT2D eigenvalue weighted by Crippen LogP contribution is -2.25. The quantitative estimate of drug-likeness (QED) is 0.674. The lowest BCUT2D eigenvalue weighted by Gasteiger charge is -2.32. The Hall–Kier alpha value is -1.89. The van der Waals surface area contributed by atoms with Crippen molar-refractivity contribution in [2.24, 2.45) is 11.3 Å². The molecule has 2 aromatic carbocycles. The van der Waals surface area contributed by atoms with Gasteiger partial charge in [-0.1, -0.05) is 71.0 Å². The van der Waals surface area contributed by atoms with Crippen molar-refractivity contribution in [1.29, 1.82) is 0 Å². The van der Waals surface area contributed by atoms with Crippen molar-refractivity contribution in [2.45, 2.75) is 34.6 Å². The molecule has 1 nitrogen and oxygen atoms in total. The van der Waals surface area contributed by atoms with Gasteiger partial charge in [0.05, 0.1) is 0 Å². The van der Waals surface area contributed by atoms with Crippen LogP contribution in [0.3, 0.4) is 0 Å². The Morgan fingerprint density at radius 3 is 2.00 bits per heavy atom. The highest BCUT2D eigenvalue weighted by atomic mass is 16.1. The van der Waals surface area contributed by atoms with Gasteiger partial charge >= 0.3 is 0 Å². The Balaban J connectivity index is 2.49. The molecule has 0 saturated heterocycles. The molecule has 0 saturated carbocycles. The summed E-state index contributed by atoms with van der Waals surface area (Å²) in [5.41, 5.74) is 4.15. The van der Waals surface area contributed by atoms with Crippen LogP contribution in [0.25, 0.3) is 16.3 Å². The van der Waals surface area contributed by atoms with Crippen molar-refractivity contribution in [3.8, 4) is 0 Å². The molecule has 21 heavy (non-hydrogen) atoms. The molecule has 1 aliphatic rings. The number of benzene rings is 2. The fraction of sp³-hybridized carbons (Fsp3) is 0.350. The summed E-state index contributed by atoms with van der Waals surface area (Å²) in [6, 6.07) is 12.4. The first-order chi connectivity index (χ1) is 9.82. The van der Waals surface area contributed by atoms with E-state index >= 15 is 0 Å².